The maximum atomic E-state index is 12.2. The molecule has 0 aliphatic heterocycles. The highest BCUT2D eigenvalue weighted by atomic mass is 16.1. The number of carbonyl (C=O) groups is 1. The van der Waals surface area contributed by atoms with Crippen molar-refractivity contribution in [3.8, 4) is 11.3 Å². The number of aromatic nitrogens is 1. The highest BCUT2D eigenvalue weighted by Gasteiger charge is 2.12. The molecule has 0 spiro atoms. The van der Waals surface area contributed by atoms with E-state index in [9.17, 15) is 9.59 Å². The van der Waals surface area contributed by atoms with Gasteiger partial charge in [0.25, 0.3) is 5.56 Å². The van der Waals surface area contributed by atoms with Crippen LogP contribution in [0.25, 0.3) is 11.3 Å². The number of carbonyl (C=O) groups excluding carboxylic acids is 1. The van der Waals surface area contributed by atoms with Gasteiger partial charge in [0.15, 0.2) is 6.29 Å². The Bertz CT molecular complexity index is 612. The average molecular weight is 241 g/mol. The molecule has 0 fully saturated rings. The minimum Gasteiger partial charge on any atom is -0.305 e. The lowest BCUT2D eigenvalue weighted by Gasteiger charge is -2.16. The monoisotopic (exact) mass is 241 g/mol. The molecule has 0 N–H and O–H groups in total. The molecule has 3 heteroatoms. The number of nitrogens with zero attached hydrogens (tertiary/aromatic N) is 1. The van der Waals surface area contributed by atoms with Gasteiger partial charge in [0.05, 0.1) is 11.3 Å². The second kappa shape index (κ2) is 5.00. The summed E-state index contributed by atoms with van der Waals surface area (Å²) in [4.78, 5) is 23.0. The fourth-order valence-electron chi connectivity index (χ4n) is 2.02. The maximum Gasteiger partial charge on any atom is 0.261 e. The quantitative estimate of drug-likeness (QED) is 0.775. The van der Waals surface area contributed by atoms with Gasteiger partial charge in [-0.2, -0.15) is 0 Å². The van der Waals surface area contributed by atoms with Crippen LogP contribution in [0.15, 0.2) is 47.3 Å². The molecule has 92 valence electrons. The molecule has 3 nitrogen and oxygen atoms in total. The molecule has 1 aromatic carbocycles. The summed E-state index contributed by atoms with van der Waals surface area (Å²) >= 11 is 0. The third kappa shape index (κ3) is 2.12. The lowest BCUT2D eigenvalue weighted by molar-refractivity contribution is 0.112. The molecule has 0 bridgehead atoms. The maximum absolute atomic E-state index is 12.2. The molecule has 18 heavy (non-hydrogen) atoms. The van der Waals surface area contributed by atoms with Gasteiger partial charge in [-0.3, -0.25) is 9.59 Å². The van der Waals surface area contributed by atoms with Crippen LogP contribution >= 0.6 is 0 Å². The number of rotatable bonds is 3. The Morgan fingerprint density at radius 3 is 2.28 bits per heavy atom. The summed E-state index contributed by atoms with van der Waals surface area (Å²) in [5.41, 5.74) is 1.77. The number of hydrogen-bond donors (Lipinski definition) is 0. The van der Waals surface area contributed by atoms with Gasteiger partial charge >= 0.3 is 0 Å². The summed E-state index contributed by atoms with van der Waals surface area (Å²) in [5.74, 6) is 0. The number of aldehydes is 1. The molecule has 2 aromatic rings. The summed E-state index contributed by atoms with van der Waals surface area (Å²) in [7, 11) is 0. The van der Waals surface area contributed by atoms with Crippen LogP contribution in [0.2, 0.25) is 0 Å². The van der Waals surface area contributed by atoms with Gasteiger partial charge in [0.1, 0.15) is 0 Å². The van der Waals surface area contributed by atoms with Crippen LogP contribution < -0.4 is 5.56 Å². The van der Waals surface area contributed by atoms with Crippen molar-refractivity contribution in [2.24, 2.45) is 0 Å². The van der Waals surface area contributed by atoms with Gasteiger partial charge in [0, 0.05) is 6.04 Å². The van der Waals surface area contributed by atoms with Gasteiger partial charge in [0.2, 0.25) is 0 Å². The van der Waals surface area contributed by atoms with Gasteiger partial charge < -0.3 is 4.57 Å². The first-order chi connectivity index (χ1) is 8.65. The Labute approximate surface area is 106 Å². The molecule has 0 amide bonds. The molecular formula is C15H15NO2. The third-order valence-electron chi connectivity index (χ3n) is 2.86. The number of pyridine rings is 1. The summed E-state index contributed by atoms with van der Waals surface area (Å²) in [5, 5.41) is 0. The summed E-state index contributed by atoms with van der Waals surface area (Å²) < 4.78 is 1.65. The smallest absolute Gasteiger partial charge is 0.261 e. The molecule has 0 atom stereocenters. The van der Waals surface area contributed by atoms with Crippen molar-refractivity contribution >= 4 is 6.29 Å². The van der Waals surface area contributed by atoms with Gasteiger partial charge in [-0.05, 0) is 31.5 Å². The van der Waals surface area contributed by atoms with Crippen LogP contribution in [0, 0.1) is 0 Å². The lowest BCUT2D eigenvalue weighted by Crippen LogP contribution is -2.26. The minimum atomic E-state index is -0.235. The van der Waals surface area contributed by atoms with Crippen molar-refractivity contribution in [3.05, 3.63) is 58.4 Å². The van der Waals surface area contributed by atoms with Gasteiger partial charge in [-0.1, -0.05) is 30.3 Å². The lowest BCUT2D eigenvalue weighted by atomic mass is 10.1. The predicted molar refractivity (Wildman–Crippen MR) is 71.9 cm³/mol. The zero-order valence-electron chi connectivity index (χ0n) is 10.5. The van der Waals surface area contributed by atoms with Gasteiger partial charge in [-0.25, -0.2) is 0 Å². The molecule has 0 saturated carbocycles. The molecule has 0 unspecified atom stereocenters. The van der Waals surface area contributed by atoms with Crippen LogP contribution in [0.3, 0.4) is 0 Å². The van der Waals surface area contributed by atoms with E-state index in [0.29, 0.717) is 6.29 Å². The Morgan fingerprint density at radius 2 is 1.72 bits per heavy atom. The summed E-state index contributed by atoms with van der Waals surface area (Å²) in [6.07, 6.45) is 0.607. The van der Waals surface area contributed by atoms with Crippen molar-refractivity contribution in [1.82, 2.24) is 4.57 Å². The fourth-order valence-corrected chi connectivity index (χ4v) is 2.02. The first-order valence-corrected chi connectivity index (χ1v) is 5.91. The molecular weight excluding hydrogens is 226 g/mol. The molecule has 0 radical (unpaired) electrons. The Morgan fingerprint density at radius 1 is 1.06 bits per heavy atom. The van der Waals surface area contributed by atoms with E-state index >= 15 is 0 Å². The Hall–Kier alpha value is -2.16. The first-order valence-electron chi connectivity index (χ1n) is 5.91. The Kier molecular flexibility index (Phi) is 3.42. The molecule has 0 saturated heterocycles. The normalized spacial score (nSPS) is 10.6. The Balaban J connectivity index is 2.73. The van der Waals surface area contributed by atoms with E-state index in [0.717, 1.165) is 11.3 Å². The topological polar surface area (TPSA) is 39.1 Å². The molecule has 1 heterocycles. The van der Waals surface area contributed by atoms with E-state index < -0.39 is 0 Å². The van der Waals surface area contributed by atoms with Crippen molar-refractivity contribution in [2.45, 2.75) is 19.9 Å². The zero-order chi connectivity index (χ0) is 13.1. The first kappa shape index (κ1) is 12.3. The second-order valence-electron chi connectivity index (χ2n) is 4.43. The molecule has 0 aliphatic carbocycles. The predicted octanol–water partition coefficient (Wildman–Crippen LogP) is 2.91. The van der Waals surface area contributed by atoms with E-state index in [1.807, 2.05) is 50.2 Å². The van der Waals surface area contributed by atoms with Crippen LogP contribution in [-0.4, -0.2) is 10.9 Å². The van der Waals surface area contributed by atoms with E-state index in [1.165, 1.54) is 0 Å². The SMILES string of the molecule is CC(C)n1c(-c2ccccc2)ccc(C=O)c1=O. The average Bonchev–Trinajstić information content (AvgIpc) is 2.39. The van der Waals surface area contributed by atoms with Crippen LogP contribution in [0.1, 0.15) is 30.2 Å². The molecule has 0 aliphatic rings. The third-order valence-corrected chi connectivity index (χ3v) is 2.86. The van der Waals surface area contributed by atoms with Crippen LogP contribution in [-0.2, 0) is 0 Å². The standard InChI is InChI=1S/C15H15NO2/c1-11(2)16-14(12-6-4-3-5-7-12)9-8-13(10-17)15(16)18/h3-11H,1-2H3. The van der Waals surface area contributed by atoms with E-state index in [4.69, 9.17) is 0 Å². The number of benzene rings is 1. The van der Waals surface area contributed by atoms with Crippen LogP contribution in [0.4, 0.5) is 0 Å². The van der Waals surface area contributed by atoms with Crippen molar-refractivity contribution < 1.29 is 4.79 Å². The number of hydrogen-bond acceptors (Lipinski definition) is 2. The van der Waals surface area contributed by atoms with Gasteiger partial charge in [-0.15, -0.1) is 0 Å². The molecule has 2 rings (SSSR count). The highest BCUT2D eigenvalue weighted by Crippen LogP contribution is 2.20. The van der Waals surface area contributed by atoms with E-state index in [1.54, 1.807) is 10.6 Å². The van der Waals surface area contributed by atoms with E-state index in [2.05, 4.69) is 0 Å². The van der Waals surface area contributed by atoms with Crippen molar-refractivity contribution in [3.63, 3.8) is 0 Å². The fraction of sp³-hybridized carbons (Fsp3) is 0.200. The highest BCUT2D eigenvalue weighted by molar-refractivity contribution is 5.75. The van der Waals surface area contributed by atoms with Crippen molar-refractivity contribution in [1.29, 1.82) is 0 Å². The zero-order valence-corrected chi connectivity index (χ0v) is 10.5. The summed E-state index contributed by atoms with van der Waals surface area (Å²) in [6, 6.07) is 13.1. The van der Waals surface area contributed by atoms with Crippen LogP contribution in [0.5, 0.6) is 0 Å². The van der Waals surface area contributed by atoms with Crippen molar-refractivity contribution in [2.75, 3.05) is 0 Å². The minimum absolute atomic E-state index is 0.00704. The second-order valence-corrected chi connectivity index (χ2v) is 4.43. The molecule has 1 aromatic heterocycles. The summed E-state index contributed by atoms with van der Waals surface area (Å²) in [6.45, 7) is 3.87. The van der Waals surface area contributed by atoms with E-state index in [-0.39, 0.29) is 17.2 Å². The largest absolute Gasteiger partial charge is 0.305 e.